The molecule has 0 amide bonds. The lowest BCUT2D eigenvalue weighted by atomic mass is 9.52. The van der Waals surface area contributed by atoms with Crippen LogP contribution < -0.4 is 0 Å². The van der Waals surface area contributed by atoms with E-state index in [9.17, 15) is 14.4 Å². The molecule has 4 rings (SSSR count). The molecule has 0 aromatic carbocycles. The van der Waals surface area contributed by atoms with Gasteiger partial charge in [0.1, 0.15) is 16.9 Å². The molecule has 6 unspecified atom stereocenters. The molecule has 0 radical (unpaired) electrons. The standard InChI is InChI=1S/C21H34O8Si2/c1-18(2,3)20(29-31(7,8)9)10-12-19(11-13(22)25-12)16(24)27-17-21(19,20)14(15(23)26-17)28-30(4,5)6/h12,14,17H,10-11H2,1-9H3. The minimum atomic E-state index is -2.29. The summed E-state index contributed by atoms with van der Waals surface area (Å²) in [6, 6.07) is 0. The van der Waals surface area contributed by atoms with Gasteiger partial charge in [-0.2, -0.15) is 0 Å². The summed E-state index contributed by atoms with van der Waals surface area (Å²) in [6.45, 7) is 18.3. The van der Waals surface area contributed by atoms with Crippen molar-refractivity contribution < 1.29 is 37.4 Å². The van der Waals surface area contributed by atoms with Gasteiger partial charge in [0, 0.05) is 6.42 Å². The van der Waals surface area contributed by atoms with Crippen molar-refractivity contribution in [2.24, 2.45) is 16.2 Å². The van der Waals surface area contributed by atoms with Crippen molar-refractivity contribution in [3.63, 3.8) is 0 Å². The number of esters is 3. The van der Waals surface area contributed by atoms with Gasteiger partial charge in [-0.1, -0.05) is 20.8 Å². The van der Waals surface area contributed by atoms with E-state index in [-0.39, 0.29) is 6.42 Å². The van der Waals surface area contributed by atoms with Crippen LogP contribution >= 0.6 is 0 Å². The maximum Gasteiger partial charge on any atom is 0.338 e. The summed E-state index contributed by atoms with van der Waals surface area (Å²) >= 11 is 0. The molecule has 3 saturated heterocycles. The van der Waals surface area contributed by atoms with Crippen LogP contribution in [0.15, 0.2) is 0 Å². The molecule has 0 aromatic heterocycles. The Morgan fingerprint density at radius 2 is 1.55 bits per heavy atom. The van der Waals surface area contributed by atoms with Crippen molar-refractivity contribution in [3.05, 3.63) is 0 Å². The quantitative estimate of drug-likeness (QED) is 0.457. The van der Waals surface area contributed by atoms with Crippen LogP contribution in [0, 0.1) is 16.2 Å². The fraction of sp³-hybridized carbons (Fsp3) is 0.857. The summed E-state index contributed by atoms with van der Waals surface area (Å²) in [5.74, 6) is -1.59. The smallest absolute Gasteiger partial charge is 0.338 e. The first-order valence-electron chi connectivity index (χ1n) is 10.9. The van der Waals surface area contributed by atoms with E-state index in [1.54, 1.807) is 0 Å². The lowest BCUT2D eigenvalue weighted by molar-refractivity contribution is -0.213. The Balaban J connectivity index is 2.07. The Bertz CT molecular complexity index is 853. The van der Waals surface area contributed by atoms with E-state index >= 15 is 0 Å². The average Bonchev–Trinajstić information content (AvgIpc) is 3.13. The number of hydrogen-bond acceptors (Lipinski definition) is 8. The van der Waals surface area contributed by atoms with Gasteiger partial charge in [-0.3, -0.25) is 9.59 Å². The number of hydrogen-bond donors (Lipinski definition) is 0. The highest BCUT2D eigenvalue weighted by atomic mass is 28.4. The summed E-state index contributed by atoms with van der Waals surface area (Å²) < 4.78 is 30.6. The van der Waals surface area contributed by atoms with Crippen LogP contribution in [0.2, 0.25) is 39.3 Å². The minimum absolute atomic E-state index is 0.165. The lowest BCUT2D eigenvalue weighted by Gasteiger charge is -2.56. The third-order valence-electron chi connectivity index (χ3n) is 7.09. The van der Waals surface area contributed by atoms with E-state index in [2.05, 4.69) is 19.6 Å². The van der Waals surface area contributed by atoms with Crippen LogP contribution in [0.3, 0.4) is 0 Å². The molecule has 3 heterocycles. The van der Waals surface area contributed by atoms with E-state index in [1.807, 2.05) is 40.4 Å². The summed E-state index contributed by atoms with van der Waals surface area (Å²) in [5, 5.41) is 0. The molecule has 1 saturated carbocycles. The van der Waals surface area contributed by atoms with Crippen LogP contribution in [0.5, 0.6) is 0 Å². The van der Waals surface area contributed by atoms with Gasteiger partial charge in [0.2, 0.25) is 0 Å². The Morgan fingerprint density at radius 1 is 0.935 bits per heavy atom. The van der Waals surface area contributed by atoms with E-state index in [4.69, 9.17) is 23.1 Å². The molecule has 4 aliphatic rings. The summed E-state index contributed by atoms with van der Waals surface area (Å²) in [5.41, 5.74) is -4.27. The zero-order chi connectivity index (χ0) is 23.4. The molecule has 6 atom stereocenters. The van der Waals surface area contributed by atoms with Crippen molar-refractivity contribution in [3.8, 4) is 0 Å². The van der Waals surface area contributed by atoms with Crippen LogP contribution in [-0.2, 0) is 37.4 Å². The van der Waals surface area contributed by atoms with Gasteiger partial charge in [-0.15, -0.1) is 0 Å². The number of carbonyl (C=O) groups is 3. The van der Waals surface area contributed by atoms with Crippen LogP contribution in [0.1, 0.15) is 33.6 Å². The van der Waals surface area contributed by atoms with Gasteiger partial charge in [0.05, 0.1) is 12.0 Å². The molecule has 2 spiro atoms. The highest BCUT2D eigenvalue weighted by Crippen LogP contribution is 2.77. The first-order chi connectivity index (χ1) is 13.9. The van der Waals surface area contributed by atoms with E-state index in [1.165, 1.54) is 0 Å². The summed E-state index contributed by atoms with van der Waals surface area (Å²) in [4.78, 5) is 39.3. The number of rotatable bonds is 4. The minimum Gasteiger partial charge on any atom is -0.461 e. The van der Waals surface area contributed by atoms with Crippen LogP contribution in [0.25, 0.3) is 0 Å². The Labute approximate surface area is 185 Å². The molecular formula is C21H34O8Si2. The number of carbonyl (C=O) groups excluding carboxylic acids is 3. The van der Waals surface area contributed by atoms with Crippen molar-refractivity contribution in [2.75, 3.05) is 0 Å². The van der Waals surface area contributed by atoms with Crippen molar-refractivity contribution in [1.29, 1.82) is 0 Å². The summed E-state index contributed by atoms with van der Waals surface area (Å²) in [6.07, 6.45) is -2.88. The maximum absolute atomic E-state index is 13.5. The van der Waals surface area contributed by atoms with E-state index < -0.39 is 74.9 Å². The Morgan fingerprint density at radius 3 is 2.06 bits per heavy atom. The highest BCUT2D eigenvalue weighted by Gasteiger charge is 2.94. The second-order valence-corrected chi connectivity index (χ2v) is 21.2. The normalized spacial score (nSPS) is 42.1. The van der Waals surface area contributed by atoms with Gasteiger partial charge in [-0.25, -0.2) is 4.79 Å². The van der Waals surface area contributed by atoms with E-state index in [0.29, 0.717) is 6.42 Å². The first kappa shape index (κ1) is 22.9. The lowest BCUT2D eigenvalue weighted by Crippen LogP contribution is -2.69. The molecule has 0 aromatic rings. The molecular weight excluding hydrogens is 436 g/mol. The van der Waals surface area contributed by atoms with Gasteiger partial charge >= 0.3 is 17.9 Å². The Hall–Kier alpha value is -1.24. The third kappa shape index (κ3) is 2.74. The zero-order valence-corrected chi connectivity index (χ0v) is 21.9. The molecule has 0 N–H and O–H groups in total. The fourth-order valence-electron chi connectivity index (χ4n) is 6.39. The first-order valence-corrected chi connectivity index (χ1v) is 17.7. The molecule has 174 valence electrons. The monoisotopic (exact) mass is 470 g/mol. The third-order valence-corrected chi connectivity index (χ3v) is 8.99. The highest BCUT2D eigenvalue weighted by molar-refractivity contribution is 6.70. The van der Waals surface area contributed by atoms with Gasteiger partial charge in [0.15, 0.2) is 22.7 Å². The second-order valence-electron chi connectivity index (χ2n) is 12.3. The largest absolute Gasteiger partial charge is 0.461 e. The topological polar surface area (TPSA) is 97.4 Å². The molecule has 4 fully saturated rings. The van der Waals surface area contributed by atoms with E-state index in [0.717, 1.165) is 0 Å². The van der Waals surface area contributed by atoms with Crippen molar-refractivity contribution in [2.45, 2.75) is 97.0 Å². The predicted molar refractivity (Wildman–Crippen MR) is 115 cm³/mol. The van der Waals surface area contributed by atoms with Gasteiger partial charge in [0.25, 0.3) is 6.29 Å². The van der Waals surface area contributed by atoms with Crippen LogP contribution in [-0.4, -0.2) is 58.6 Å². The van der Waals surface area contributed by atoms with Crippen LogP contribution in [0.4, 0.5) is 0 Å². The Kier molecular flexibility index (Phi) is 4.59. The predicted octanol–water partition coefficient (Wildman–Crippen LogP) is 2.97. The van der Waals surface area contributed by atoms with Gasteiger partial charge < -0.3 is 23.1 Å². The molecule has 3 aliphatic heterocycles. The van der Waals surface area contributed by atoms with Crippen molar-refractivity contribution >= 4 is 34.5 Å². The number of ether oxygens (including phenoxy) is 3. The molecule has 1 aliphatic carbocycles. The van der Waals surface area contributed by atoms with Gasteiger partial charge in [-0.05, 0) is 44.7 Å². The average molecular weight is 471 g/mol. The second kappa shape index (κ2) is 6.21. The molecule has 8 nitrogen and oxygen atoms in total. The molecule has 0 bridgehead atoms. The summed E-state index contributed by atoms with van der Waals surface area (Å²) in [7, 11) is -4.54. The maximum atomic E-state index is 13.5. The fourth-order valence-corrected chi connectivity index (χ4v) is 8.99. The van der Waals surface area contributed by atoms with Crippen molar-refractivity contribution in [1.82, 2.24) is 0 Å². The SMILES string of the molecule is CC(C)(C)C1(O[Si](C)(C)C)CC2OC(=O)CC23C(=O)OC2OC(=O)C(O[Si](C)(C)C)C231. The molecule has 31 heavy (non-hydrogen) atoms. The zero-order valence-electron chi connectivity index (χ0n) is 19.9. The molecule has 10 heteroatoms.